The minimum atomic E-state index is -0.976. The molecule has 0 amide bonds. The first-order valence-corrected chi connectivity index (χ1v) is 11.4. The van der Waals surface area contributed by atoms with Crippen LogP contribution in [-0.4, -0.2) is 35.5 Å². The summed E-state index contributed by atoms with van der Waals surface area (Å²) in [6.07, 6.45) is 3.23. The predicted molar refractivity (Wildman–Crippen MR) is 131 cm³/mol. The fourth-order valence-corrected chi connectivity index (χ4v) is 3.84. The zero-order valence-corrected chi connectivity index (χ0v) is 20.3. The molecule has 0 fully saturated rings. The van der Waals surface area contributed by atoms with Crippen molar-refractivity contribution in [2.45, 2.75) is 39.8 Å². The topological polar surface area (TPSA) is 78.6 Å². The Bertz CT molecular complexity index is 1510. The molecule has 0 saturated heterocycles. The summed E-state index contributed by atoms with van der Waals surface area (Å²) in [7, 11) is 0. The Hall–Kier alpha value is -4.27. The largest absolute Gasteiger partial charge is 0.488 e. The number of aryl methyl sites for hydroxylation is 1. The number of halogens is 2. The Morgan fingerprint density at radius 2 is 1.69 bits per heavy atom. The second-order valence-corrected chi connectivity index (χ2v) is 9.49. The normalized spacial score (nSPS) is 11.7. The van der Waals surface area contributed by atoms with E-state index in [1.165, 1.54) is 18.3 Å². The first-order chi connectivity index (χ1) is 17.2. The van der Waals surface area contributed by atoms with Gasteiger partial charge in [-0.15, -0.1) is 0 Å². The van der Waals surface area contributed by atoms with Crippen LogP contribution in [0.3, 0.4) is 0 Å². The quantitative estimate of drug-likeness (QED) is 0.316. The molecule has 0 spiro atoms. The van der Waals surface area contributed by atoms with Gasteiger partial charge in [-0.05, 0) is 75.7 Å². The van der Waals surface area contributed by atoms with Gasteiger partial charge in [-0.1, -0.05) is 6.07 Å². The fraction of sp³-hybridized carbons (Fsp3) is 0.222. The van der Waals surface area contributed by atoms with Gasteiger partial charge in [0.25, 0.3) is 0 Å². The molecule has 3 aromatic rings. The minimum absolute atomic E-state index is 0.00694. The Morgan fingerprint density at radius 3 is 2.42 bits per heavy atom. The van der Waals surface area contributed by atoms with E-state index in [9.17, 15) is 8.78 Å². The van der Waals surface area contributed by atoms with Gasteiger partial charge in [0.1, 0.15) is 22.7 Å². The Morgan fingerprint density at radius 1 is 0.889 bits per heavy atom. The number of rotatable bonds is 5. The average Bonchev–Trinajstić information content (AvgIpc) is 3.24. The molecule has 0 N–H and O–H groups in total. The molecule has 7 nitrogen and oxygen atoms in total. The van der Waals surface area contributed by atoms with Crippen LogP contribution in [0.4, 0.5) is 8.78 Å². The lowest BCUT2D eigenvalue weighted by atomic mass is 10.0. The third kappa shape index (κ3) is 4.91. The van der Waals surface area contributed by atoms with Crippen molar-refractivity contribution in [2.75, 3.05) is 0 Å². The molecule has 1 aromatic heterocycles. The van der Waals surface area contributed by atoms with E-state index in [0.717, 1.165) is 28.6 Å². The molecule has 0 saturated carbocycles. The highest BCUT2D eigenvalue weighted by Crippen LogP contribution is 2.28. The number of fused-ring (bicyclic) bond motifs is 1. The van der Waals surface area contributed by atoms with Gasteiger partial charge >= 0.3 is 0 Å². The van der Waals surface area contributed by atoms with Gasteiger partial charge in [0.05, 0.1) is 35.9 Å². The van der Waals surface area contributed by atoms with Crippen LogP contribution < -0.4 is 4.74 Å². The summed E-state index contributed by atoms with van der Waals surface area (Å²) in [5.74, 6) is -0.998. The fourth-order valence-electron chi connectivity index (χ4n) is 3.84. The molecule has 2 aliphatic rings. The lowest BCUT2D eigenvalue weighted by molar-refractivity contribution is 0.131. The van der Waals surface area contributed by atoms with Gasteiger partial charge in [-0.2, -0.15) is 15.3 Å². The first kappa shape index (κ1) is 23.5. The van der Waals surface area contributed by atoms with E-state index in [1.54, 1.807) is 10.9 Å². The Balaban J connectivity index is 1.34. The summed E-state index contributed by atoms with van der Waals surface area (Å²) in [5.41, 5.74) is 4.23. The van der Waals surface area contributed by atoms with Crippen molar-refractivity contribution >= 4 is 0 Å². The van der Waals surface area contributed by atoms with E-state index in [1.807, 2.05) is 58.0 Å². The maximum absolute atomic E-state index is 14.2. The van der Waals surface area contributed by atoms with Crippen LogP contribution in [0.15, 0.2) is 60.9 Å². The second kappa shape index (κ2) is 9.07. The molecule has 0 radical (unpaired) electrons. The molecule has 3 heterocycles. The van der Waals surface area contributed by atoms with Crippen molar-refractivity contribution in [2.24, 2.45) is 0 Å². The molecular weight excluding hydrogens is 462 g/mol. The molecule has 9 heteroatoms. The lowest BCUT2D eigenvalue weighted by Crippen LogP contribution is -2.22. The molecule has 0 bridgehead atoms. The van der Waals surface area contributed by atoms with Gasteiger partial charge in [0.2, 0.25) is 0 Å². The van der Waals surface area contributed by atoms with Gasteiger partial charge in [-0.3, -0.25) is 4.68 Å². The number of benzene rings is 2. The molecule has 182 valence electrons. The molecular formula is C27H24F2N6O. The number of nitrogens with zero attached hydrogens (tertiary/aromatic N) is 6. The highest BCUT2D eigenvalue weighted by atomic mass is 19.2. The summed E-state index contributed by atoms with van der Waals surface area (Å²) in [6, 6.07) is 13.6. The van der Waals surface area contributed by atoms with E-state index in [-0.39, 0.29) is 17.0 Å². The standard InChI is InChI=1S/C27H24F2N6O/c1-16-12-18(36-27(2,3)4)9-10-19(16)22-11-8-17(33-34-22)14-35-15-24-23(13-30-35)31-26(32-24)20-6-5-7-21(28)25(20)29/h5-13,15H,14H2,1-4H3. The van der Waals surface area contributed by atoms with Crippen molar-refractivity contribution in [3.63, 3.8) is 0 Å². The summed E-state index contributed by atoms with van der Waals surface area (Å²) in [6.45, 7) is 8.41. The monoisotopic (exact) mass is 486 g/mol. The van der Waals surface area contributed by atoms with Crippen molar-refractivity contribution in [3.8, 4) is 39.8 Å². The first-order valence-electron chi connectivity index (χ1n) is 11.4. The lowest BCUT2D eigenvalue weighted by Gasteiger charge is -2.22. The zero-order chi connectivity index (χ0) is 25.4. The predicted octanol–water partition coefficient (Wildman–Crippen LogP) is 5.71. The van der Waals surface area contributed by atoms with Crippen LogP contribution in [0.1, 0.15) is 32.0 Å². The molecule has 0 atom stereocenters. The van der Waals surface area contributed by atoms with Crippen LogP contribution in [0.2, 0.25) is 0 Å². The molecule has 0 unspecified atom stereocenters. The van der Waals surface area contributed by atoms with Crippen molar-refractivity contribution in [1.82, 2.24) is 29.9 Å². The number of ether oxygens (including phenoxy) is 1. The molecule has 2 aliphatic heterocycles. The minimum Gasteiger partial charge on any atom is -0.488 e. The third-order valence-electron chi connectivity index (χ3n) is 5.45. The van der Waals surface area contributed by atoms with E-state index >= 15 is 0 Å². The van der Waals surface area contributed by atoms with Crippen molar-refractivity contribution in [1.29, 1.82) is 0 Å². The van der Waals surface area contributed by atoms with Crippen LogP contribution in [-0.2, 0) is 6.54 Å². The number of hydrogen-bond donors (Lipinski definition) is 0. The van der Waals surface area contributed by atoms with Crippen LogP contribution in [0.5, 0.6) is 5.75 Å². The van der Waals surface area contributed by atoms with Crippen molar-refractivity contribution < 1.29 is 13.5 Å². The third-order valence-corrected chi connectivity index (χ3v) is 5.45. The summed E-state index contributed by atoms with van der Waals surface area (Å²) >= 11 is 0. The van der Waals surface area contributed by atoms with Gasteiger partial charge in [0.15, 0.2) is 17.5 Å². The molecule has 5 rings (SSSR count). The smallest absolute Gasteiger partial charge is 0.169 e. The highest BCUT2D eigenvalue weighted by molar-refractivity contribution is 5.66. The Labute approximate surface area is 207 Å². The summed E-state index contributed by atoms with van der Waals surface area (Å²) < 4.78 is 35.3. The molecule has 36 heavy (non-hydrogen) atoms. The summed E-state index contributed by atoms with van der Waals surface area (Å²) in [5, 5.41) is 13.1. The van der Waals surface area contributed by atoms with E-state index in [0.29, 0.717) is 23.6 Å². The van der Waals surface area contributed by atoms with Crippen LogP contribution in [0, 0.1) is 18.6 Å². The maximum atomic E-state index is 14.2. The number of hydrogen-bond acceptors (Lipinski definition) is 6. The maximum Gasteiger partial charge on any atom is 0.169 e. The Kier molecular flexibility index (Phi) is 5.91. The number of imidazole rings is 1. The average molecular weight is 487 g/mol. The number of aromatic nitrogens is 6. The van der Waals surface area contributed by atoms with Gasteiger partial charge in [-0.25, -0.2) is 18.7 Å². The van der Waals surface area contributed by atoms with Crippen LogP contribution in [0.25, 0.3) is 34.0 Å². The molecule has 2 aromatic carbocycles. The van der Waals surface area contributed by atoms with Gasteiger partial charge in [0, 0.05) is 5.56 Å². The van der Waals surface area contributed by atoms with Crippen molar-refractivity contribution in [3.05, 3.63) is 83.8 Å². The van der Waals surface area contributed by atoms with Crippen LogP contribution >= 0.6 is 0 Å². The van der Waals surface area contributed by atoms with E-state index in [2.05, 4.69) is 25.3 Å². The summed E-state index contributed by atoms with van der Waals surface area (Å²) in [4.78, 5) is 8.64. The highest BCUT2D eigenvalue weighted by Gasteiger charge is 2.18. The zero-order valence-electron chi connectivity index (χ0n) is 20.3. The van der Waals surface area contributed by atoms with E-state index < -0.39 is 11.6 Å². The van der Waals surface area contributed by atoms with Gasteiger partial charge < -0.3 is 4.74 Å². The SMILES string of the molecule is Cc1cc(OC(C)(C)C)ccc1-c1ccc(Cn2cc3nc(-c4cccc(F)c4F)nc-3cn2)nn1. The second-order valence-electron chi connectivity index (χ2n) is 9.49. The molecule has 0 aliphatic carbocycles. The van der Waals surface area contributed by atoms with E-state index in [4.69, 9.17) is 4.74 Å².